The molecule has 0 bridgehead atoms. The Hall–Kier alpha value is -2.78. The lowest BCUT2D eigenvalue weighted by molar-refractivity contribution is -0.131. The summed E-state index contributed by atoms with van der Waals surface area (Å²) in [7, 11) is 0. The summed E-state index contributed by atoms with van der Waals surface area (Å²) < 4.78 is 11.0. The van der Waals surface area contributed by atoms with Crippen LogP contribution in [0.4, 0.5) is 5.69 Å². The molecule has 1 aromatic heterocycles. The number of anilines is 1. The van der Waals surface area contributed by atoms with E-state index in [0.29, 0.717) is 18.7 Å². The number of hydrogen-bond donors (Lipinski definition) is 1. The molecule has 1 N–H and O–H groups in total. The Kier molecular flexibility index (Phi) is 5.70. The standard InChI is InChI=1S/C19H21N3O3/c20-11-15-5-7-16(8-6-15)21-12-19(23)22(13-17-3-1-9-24-17)14-18-4-2-10-25-18/h1,3,5-9,18,21H,2,4,10,12-14H2/t18-/m0/s1. The van der Waals surface area contributed by atoms with Crippen molar-refractivity contribution in [3.05, 3.63) is 54.0 Å². The highest BCUT2D eigenvalue weighted by Crippen LogP contribution is 2.16. The number of amides is 1. The van der Waals surface area contributed by atoms with E-state index in [2.05, 4.69) is 11.4 Å². The molecular formula is C19H21N3O3. The minimum absolute atomic E-state index is 0.0174. The van der Waals surface area contributed by atoms with Gasteiger partial charge in [0.1, 0.15) is 5.76 Å². The van der Waals surface area contributed by atoms with E-state index in [1.807, 2.05) is 12.1 Å². The van der Waals surface area contributed by atoms with Gasteiger partial charge < -0.3 is 19.4 Å². The first kappa shape index (κ1) is 17.1. The van der Waals surface area contributed by atoms with Gasteiger partial charge in [-0.25, -0.2) is 0 Å². The highest BCUT2D eigenvalue weighted by Gasteiger charge is 2.23. The molecule has 1 amide bonds. The zero-order chi connectivity index (χ0) is 17.5. The minimum atomic E-state index is -0.0174. The number of carbonyl (C=O) groups excluding carboxylic acids is 1. The summed E-state index contributed by atoms with van der Waals surface area (Å²) in [6.45, 7) is 1.94. The lowest BCUT2D eigenvalue weighted by Gasteiger charge is -2.25. The Morgan fingerprint density at radius 3 is 2.80 bits per heavy atom. The third kappa shape index (κ3) is 4.85. The Morgan fingerprint density at radius 2 is 2.16 bits per heavy atom. The number of hydrogen-bond acceptors (Lipinski definition) is 5. The Balaban J connectivity index is 1.59. The van der Waals surface area contributed by atoms with Gasteiger partial charge in [0.15, 0.2) is 0 Å². The van der Waals surface area contributed by atoms with Crippen LogP contribution in [0.5, 0.6) is 0 Å². The fourth-order valence-electron chi connectivity index (χ4n) is 2.83. The zero-order valence-corrected chi connectivity index (χ0v) is 14.0. The van der Waals surface area contributed by atoms with Gasteiger partial charge in [0.2, 0.25) is 5.91 Å². The summed E-state index contributed by atoms with van der Waals surface area (Å²) in [5.74, 6) is 0.737. The summed E-state index contributed by atoms with van der Waals surface area (Å²) in [5, 5.41) is 11.9. The summed E-state index contributed by atoms with van der Waals surface area (Å²) in [5.41, 5.74) is 1.40. The molecule has 6 heteroatoms. The Morgan fingerprint density at radius 1 is 1.32 bits per heavy atom. The van der Waals surface area contributed by atoms with Crippen molar-refractivity contribution in [3.63, 3.8) is 0 Å². The maximum Gasteiger partial charge on any atom is 0.242 e. The van der Waals surface area contributed by atoms with Crippen molar-refractivity contribution in [2.75, 3.05) is 25.0 Å². The molecule has 25 heavy (non-hydrogen) atoms. The molecule has 6 nitrogen and oxygen atoms in total. The third-order valence-corrected chi connectivity index (χ3v) is 4.19. The molecule has 0 radical (unpaired) electrons. The third-order valence-electron chi connectivity index (χ3n) is 4.19. The van der Waals surface area contributed by atoms with E-state index in [9.17, 15) is 4.79 Å². The van der Waals surface area contributed by atoms with Gasteiger partial charge in [-0.05, 0) is 49.2 Å². The fourth-order valence-corrected chi connectivity index (χ4v) is 2.83. The van der Waals surface area contributed by atoms with Crippen LogP contribution in [0.1, 0.15) is 24.2 Å². The average molecular weight is 339 g/mol. The number of ether oxygens (including phenoxy) is 1. The van der Waals surface area contributed by atoms with Gasteiger partial charge in [0.25, 0.3) is 0 Å². The largest absolute Gasteiger partial charge is 0.467 e. The minimum Gasteiger partial charge on any atom is -0.467 e. The van der Waals surface area contributed by atoms with Crippen molar-refractivity contribution in [3.8, 4) is 6.07 Å². The molecule has 3 rings (SSSR count). The quantitative estimate of drug-likeness (QED) is 0.839. The average Bonchev–Trinajstić information content (AvgIpc) is 3.33. The summed E-state index contributed by atoms with van der Waals surface area (Å²) in [4.78, 5) is 14.4. The summed E-state index contributed by atoms with van der Waals surface area (Å²) in [6, 6.07) is 12.8. The van der Waals surface area contributed by atoms with E-state index in [1.165, 1.54) is 0 Å². The van der Waals surface area contributed by atoms with Gasteiger partial charge in [-0.15, -0.1) is 0 Å². The van der Waals surface area contributed by atoms with Crippen LogP contribution in [0.3, 0.4) is 0 Å². The second-order valence-electron chi connectivity index (χ2n) is 6.03. The first-order valence-electron chi connectivity index (χ1n) is 8.40. The van der Waals surface area contributed by atoms with Crippen LogP contribution in [0.15, 0.2) is 47.1 Å². The van der Waals surface area contributed by atoms with E-state index in [4.69, 9.17) is 14.4 Å². The van der Waals surface area contributed by atoms with Crippen LogP contribution in [0.2, 0.25) is 0 Å². The van der Waals surface area contributed by atoms with Gasteiger partial charge in [-0.1, -0.05) is 0 Å². The molecule has 1 aliphatic rings. The maximum absolute atomic E-state index is 12.7. The fraction of sp³-hybridized carbons (Fsp3) is 0.368. The number of carbonyl (C=O) groups is 1. The highest BCUT2D eigenvalue weighted by atomic mass is 16.5. The Bertz CT molecular complexity index is 713. The van der Waals surface area contributed by atoms with Crippen molar-refractivity contribution >= 4 is 11.6 Å². The van der Waals surface area contributed by atoms with Crippen molar-refractivity contribution in [2.45, 2.75) is 25.5 Å². The first-order chi connectivity index (χ1) is 12.2. The number of nitrogens with zero attached hydrogens (tertiary/aromatic N) is 2. The van der Waals surface area contributed by atoms with E-state index < -0.39 is 0 Å². The molecule has 2 aromatic rings. The molecule has 1 fully saturated rings. The lowest BCUT2D eigenvalue weighted by atomic mass is 10.2. The number of furan rings is 1. The monoisotopic (exact) mass is 339 g/mol. The van der Waals surface area contributed by atoms with Crippen molar-refractivity contribution in [1.82, 2.24) is 4.90 Å². The molecule has 2 heterocycles. The number of nitrogens with one attached hydrogen (secondary N) is 1. The topological polar surface area (TPSA) is 78.5 Å². The van der Waals surface area contributed by atoms with Gasteiger partial charge >= 0.3 is 0 Å². The SMILES string of the molecule is N#Cc1ccc(NCC(=O)N(Cc2ccco2)C[C@@H]2CCCO2)cc1. The van der Waals surface area contributed by atoms with Gasteiger partial charge in [-0.2, -0.15) is 5.26 Å². The second-order valence-corrected chi connectivity index (χ2v) is 6.03. The van der Waals surface area contributed by atoms with Crippen LogP contribution < -0.4 is 5.32 Å². The predicted molar refractivity (Wildman–Crippen MR) is 92.7 cm³/mol. The zero-order valence-electron chi connectivity index (χ0n) is 14.0. The Labute approximate surface area is 147 Å². The lowest BCUT2D eigenvalue weighted by Crippen LogP contribution is -2.40. The molecule has 0 spiro atoms. The molecule has 1 atom stereocenters. The highest BCUT2D eigenvalue weighted by molar-refractivity contribution is 5.80. The summed E-state index contributed by atoms with van der Waals surface area (Å²) >= 11 is 0. The molecule has 1 aromatic carbocycles. The second kappa shape index (κ2) is 8.36. The predicted octanol–water partition coefficient (Wildman–Crippen LogP) is 2.77. The maximum atomic E-state index is 12.7. The molecular weight excluding hydrogens is 318 g/mol. The van der Waals surface area contributed by atoms with Gasteiger partial charge in [0, 0.05) is 18.8 Å². The van der Waals surface area contributed by atoms with E-state index in [-0.39, 0.29) is 18.6 Å². The van der Waals surface area contributed by atoms with Crippen LogP contribution in [0.25, 0.3) is 0 Å². The normalized spacial score (nSPS) is 16.4. The van der Waals surface area contributed by atoms with E-state index >= 15 is 0 Å². The summed E-state index contributed by atoms with van der Waals surface area (Å²) in [6.07, 6.45) is 3.72. The van der Waals surface area contributed by atoms with Gasteiger partial charge in [0.05, 0.1) is 37.1 Å². The molecule has 1 aliphatic heterocycles. The molecule has 130 valence electrons. The van der Waals surface area contributed by atoms with Crippen LogP contribution in [-0.2, 0) is 16.1 Å². The molecule has 0 saturated carbocycles. The van der Waals surface area contributed by atoms with Crippen molar-refractivity contribution < 1.29 is 13.9 Å². The van der Waals surface area contributed by atoms with Crippen LogP contribution >= 0.6 is 0 Å². The number of nitriles is 1. The van der Waals surface area contributed by atoms with Crippen molar-refractivity contribution in [2.24, 2.45) is 0 Å². The number of rotatable bonds is 7. The smallest absolute Gasteiger partial charge is 0.242 e. The van der Waals surface area contributed by atoms with E-state index in [1.54, 1.807) is 35.4 Å². The van der Waals surface area contributed by atoms with Crippen LogP contribution in [0, 0.1) is 11.3 Å². The van der Waals surface area contributed by atoms with Crippen molar-refractivity contribution in [1.29, 1.82) is 5.26 Å². The molecule has 0 aliphatic carbocycles. The number of benzene rings is 1. The molecule has 0 unspecified atom stereocenters. The van der Waals surface area contributed by atoms with Crippen LogP contribution in [-0.4, -0.2) is 36.6 Å². The molecule has 1 saturated heterocycles. The van der Waals surface area contributed by atoms with Gasteiger partial charge in [-0.3, -0.25) is 4.79 Å². The first-order valence-corrected chi connectivity index (χ1v) is 8.40. The van der Waals surface area contributed by atoms with E-state index in [0.717, 1.165) is 30.9 Å².